The van der Waals surface area contributed by atoms with Gasteiger partial charge in [0.2, 0.25) is 5.28 Å². The molecule has 2 aromatic heterocycles. The molecule has 3 N–H and O–H groups in total. The van der Waals surface area contributed by atoms with Crippen molar-refractivity contribution < 1.29 is 9.53 Å². The summed E-state index contributed by atoms with van der Waals surface area (Å²) in [6.07, 6.45) is 3.32. The summed E-state index contributed by atoms with van der Waals surface area (Å²) >= 11 is 5.93. The molecule has 0 bridgehead atoms. The maximum Gasteiger partial charge on any atom is 0.271 e. The predicted molar refractivity (Wildman–Crippen MR) is 118 cm³/mol. The number of nitrogens with one attached hydrogen (secondary N) is 3. The molecule has 31 heavy (non-hydrogen) atoms. The lowest BCUT2D eigenvalue weighted by Gasteiger charge is -2.08. The molecule has 0 aliphatic rings. The first-order valence-electron chi connectivity index (χ1n) is 10.3. The Labute approximate surface area is 185 Å². The van der Waals surface area contributed by atoms with E-state index < -0.39 is 0 Å². The number of halogens is 1. The van der Waals surface area contributed by atoms with Gasteiger partial charge < -0.3 is 20.4 Å². The number of ether oxygens (including phenoxy) is 1. The van der Waals surface area contributed by atoms with Gasteiger partial charge in [-0.05, 0) is 52.6 Å². The van der Waals surface area contributed by atoms with E-state index in [1.807, 2.05) is 24.3 Å². The van der Waals surface area contributed by atoms with Crippen LogP contribution in [0.25, 0.3) is 0 Å². The van der Waals surface area contributed by atoms with Crippen LogP contribution < -0.4 is 15.4 Å². The quantitative estimate of drug-likeness (QED) is 0.365. The third-order valence-corrected chi connectivity index (χ3v) is 4.86. The molecule has 3 rings (SSSR count). The number of carbonyl (C=O) groups excluding carboxylic acids is 1. The van der Waals surface area contributed by atoms with E-state index in [1.54, 1.807) is 11.8 Å². The van der Waals surface area contributed by atoms with Crippen LogP contribution in [-0.2, 0) is 13.0 Å². The van der Waals surface area contributed by atoms with E-state index in [2.05, 4.69) is 43.1 Å². The molecule has 0 spiro atoms. The molecular formula is C20H27ClN8O2. The molecule has 166 valence electrons. The van der Waals surface area contributed by atoms with Gasteiger partial charge in [0.15, 0.2) is 11.6 Å². The molecule has 0 aliphatic heterocycles. The molecule has 0 saturated carbocycles. The number of hydrogen-bond acceptors (Lipinski definition) is 7. The number of amides is 1. The van der Waals surface area contributed by atoms with Crippen molar-refractivity contribution in [3.8, 4) is 5.75 Å². The Morgan fingerprint density at radius 2 is 2.03 bits per heavy atom. The summed E-state index contributed by atoms with van der Waals surface area (Å²) in [5.74, 6) is 1.78. The van der Waals surface area contributed by atoms with Gasteiger partial charge in [-0.25, -0.2) is 9.67 Å². The minimum atomic E-state index is -0.256. The van der Waals surface area contributed by atoms with Crippen molar-refractivity contribution in [2.45, 2.75) is 39.2 Å². The van der Waals surface area contributed by atoms with Crippen LogP contribution >= 0.6 is 11.6 Å². The molecule has 0 radical (unpaired) electrons. The Balaban J connectivity index is 1.48. The van der Waals surface area contributed by atoms with E-state index in [9.17, 15) is 4.79 Å². The van der Waals surface area contributed by atoms with Crippen LogP contribution in [0.4, 0.5) is 5.82 Å². The molecule has 11 heteroatoms. The standard InChI is InChI=1S/C20H27ClN8O2/c1-3-4-10-22-18-17(24-20(21)25-18)19(30)23-11-5-12-29-16(26-27-28-29)13-14-6-8-15(31-2)9-7-14/h6-9,22H,3-5,10-13H2,1-2H3,(H,23,30)(H,24,25). The number of carbonyl (C=O) groups is 1. The second-order valence-electron chi connectivity index (χ2n) is 6.98. The molecule has 1 aromatic carbocycles. The Morgan fingerprint density at radius 3 is 2.77 bits per heavy atom. The first kappa shape index (κ1) is 22.5. The summed E-state index contributed by atoms with van der Waals surface area (Å²) < 4.78 is 6.93. The van der Waals surface area contributed by atoms with Gasteiger partial charge in [-0.15, -0.1) is 5.10 Å². The second kappa shape index (κ2) is 11.3. The lowest BCUT2D eigenvalue weighted by molar-refractivity contribution is 0.0949. The van der Waals surface area contributed by atoms with Crippen LogP contribution in [0, 0.1) is 0 Å². The Kier molecular flexibility index (Phi) is 8.22. The average Bonchev–Trinajstić information content (AvgIpc) is 3.37. The number of aryl methyl sites for hydroxylation is 1. The van der Waals surface area contributed by atoms with Crippen LogP contribution in [0.15, 0.2) is 24.3 Å². The smallest absolute Gasteiger partial charge is 0.271 e. The molecule has 0 unspecified atom stereocenters. The average molecular weight is 447 g/mol. The number of aromatic amines is 1. The minimum absolute atomic E-state index is 0.181. The fourth-order valence-electron chi connectivity index (χ4n) is 2.99. The van der Waals surface area contributed by atoms with E-state index in [1.165, 1.54) is 0 Å². The molecule has 0 saturated heterocycles. The SMILES string of the molecule is CCCCNc1nc(Cl)[nH]c1C(=O)NCCCn1nnnc1Cc1ccc(OC)cc1. The van der Waals surface area contributed by atoms with E-state index in [4.69, 9.17) is 16.3 Å². The van der Waals surface area contributed by atoms with Crippen molar-refractivity contribution in [1.82, 2.24) is 35.5 Å². The molecule has 2 heterocycles. The summed E-state index contributed by atoms with van der Waals surface area (Å²) in [4.78, 5) is 19.4. The number of anilines is 1. The third-order valence-electron chi connectivity index (χ3n) is 4.68. The topological polar surface area (TPSA) is 123 Å². The second-order valence-corrected chi connectivity index (χ2v) is 7.34. The van der Waals surface area contributed by atoms with Gasteiger partial charge in [-0.2, -0.15) is 0 Å². The first-order valence-corrected chi connectivity index (χ1v) is 10.6. The van der Waals surface area contributed by atoms with Gasteiger partial charge in [0.05, 0.1) is 7.11 Å². The first-order chi connectivity index (χ1) is 15.1. The Hall–Kier alpha value is -3.14. The highest BCUT2D eigenvalue weighted by molar-refractivity contribution is 6.28. The zero-order valence-corrected chi connectivity index (χ0v) is 18.4. The third kappa shape index (κ3) is 6.42. The van der Waals surface area contributed by atoms with Crippen molar-refractivity contribution in [1.29, 1.82) is 0 Å². The molecule has 1 amide bonds. The summed E-state index contributed by atoms with van der Waals surface area (Å²) in [6, 6.07) is 7.79. The van der Waals surface area contributed by atoms with Crippen molar-refractivity contribution in [2.75, 3.05) is 25.5 Å². The van der Waals surface area contributed by atoms with E-state index in [0.29, 0.717) is 37.4 Å². The number of rotatable bonds is 12. The predicted octanol–water partition coefficient (Wildman–Crippen LogP) is 2.68. The van der Waals surface area contributed by atoms with E-state index in [-0.39, 0.29) is 11.2 Å². The van der Waals surface area contributed by atoms with Gasteiger partial charge in [-0.3, -0.25) is 4.79 Å². The number of benzene rings is 1. The van der Waals surface area contributed by atoms with Crippen molar-refractivity contribution in [3.05, 3.63) is 46.6 Å². The zero-order chi connectivity index (χ0) is 22.1. The Morgan fingerprint density at radius 1 is 1.23 bits per heavy atom. The van der Waals surface area contributed by atoms with Gasteiger partial charge >= 0.3 is 0 Å². The van der Waals surface area contributed by atoms with Crippen molar-refractivity contribution in [2.24, 2.45) is 0 Å². The van der Waals surface area contributed by atoms with E-state index in [0.717, 1.165) is 36.5 Å². The molecule has 3 aromatic rings. The zero-order valence-electron chi connectivity index (χ0n) is 17.7. The van der Waals surface area contributed by atoms with Gasteiger partial charge in [-0.1, -0.05) is 25.5 Å². The van der Waals surface area contributed by atoms with Gasteiger partial charge in [0, 0.05) is 26.1 Å². The molecule has 0 fully saturated rings. The number of hydrogen-bond donors (Lipinski definition) is 3. The number of nitrogens with zero attached hydrogens (tertiary/aromatic N) is 5. The van der Waals surface area contributed by atoms with Gasteiger partial charge in [0.1, 0.15) is 11.4 Å². The van der Waals surface area contributed by atoms with Crippen LogP contribution in [0.1, 0.15) is 48.1 Å². The lowest BCUT2D eigenvalue weighted by Crippen LogP contribution is -2.27. The normalized spacial score (nSPS) is 10.8. The van der Waals surface area contributed by atoms with Crippen LogP contribution in [-0.4, -0.2) is 56.3 Å². The number of aromatic nitrogens is 6. The van der Waals surface area contributed by atoms with Gasteiger partial charge in [0.25, 0.3) is 5.91 Å². The number of methoxy groups -OCH3 is 1. The van der Waals surface area contributed by atoms with E-state index >= 15 is 0 Å². The minimum Gasteiger partial charge on any atom is -0.497 e. The highest BCUT2D eigenvalue weighted by Crippen LogP contribution is 2.16. The van der Waals surface area contributed by atoms with Crippen LogP contribution in [0.2, 0.25) is 5.28 Å². The summed E-state index contributed by atoms with van der Waals surface area (Å²) in [5, 5.41) is 18.1. The fourth-order valence-corrected chi connectivity index (χ4v) is 3.17. The molecule has 0 aliphatic carbocycles. The number of tetrazole rings is 1. The Bertz CT molecular complexity index is 970. The van der Waals surface area contributed by atoms with Crippen molar-refractivity contribution in [3.63, 3.8) is 0 Å². The molecular weight excluding hydrogens is 420 g/mol. The maximum atomic E-state index is 12.5. The van der Waals surface area contributed by atoms with Crippen LogP contribution in [0.3, 0.4) is 0 Å². The molecule has 10 nitrogen and oxygen atoms in total. The highest BCUT2D eigenvalue weighted by atomic mass is 35.5. The number of imidazole rings is 1. The summed E-state index contributed by atoms with van der Waals surface area (Å²) in [6.45, 7) is 3.88. The monoisotopic (exact) mass is 446 g/mol. The number of H-pyrrole nitrogens is 1. The lowest BCUT2D eigenvalue weighted by atomic mass is 10.1. The maximum absolute atomic E-state index is 12.5. The highest BCUT2D eigenvalue weighted by Gasteiger charge is 2.16. The largest absolute Gasteiger partial charge is 0.497 e. The van der Waals surface area contributed by atoms with Crippen LogP contribution in [0.5, 0.6) is 5.75 Å². The molecule has 0 atom stereocenters. The summed E-state index contributed by atoms with van der Waals surface area (Å²) in [7, 11) is 1.64. The van der Waals surface area contributed by atoms with Crippen molar-refractivity contribution >= 4 is 23.3 Å². The summed E-state index contributed by atoms with van der Waals surface area (Å²) in [5.41, 5.74) is 1.42. The number of unbranched alkanes of at least 4 members (excludes halogenated alkanes) is 1. The fraction of sp³-hybridized carbons (Fsp3) is 0.450.